The van der Waals surface area contributed by atoms with E-state index < -0.39 is 11.7 Å². The Kier molecular flexibility index (Phi) is 4.26. The molecule has 0 radical (unpaired) electrons. The van der Waals surface area contributed by atoms with Gasteiger partial charge in [0.1, 0.15) is 11.3 Å². The molecule has 0 aliphatic rings. The quantitative estimate of drug-likeness (QED) is 0.942. The third kappa shape index (κ3) is 4.59. The first-order chi connectivity index (χ1) is 9.83. The minimum absolute atomic E-state index is 0.279. The fraction of sp³-hybridized carbons (Fsp3) is 0.400. The average molecular weight is 288 g/mol. The van der Waals surface area contributed by atoms with Crippen LogP contribution in [-0.2, 0) is 11.3 Å². The largest absolute Gasteiger partial charge is 0.444 e. The summed E-state index contributed by atoms with van der Waals surface area (Å²) in [6.45, 7) is 7.76. The van der Waals surface area contributed by atoms with Crippen LogP contribution in [0.1, 0.15) is 32.0 Å². The van der Waals surface area contributed by atoms with Gasteiger partial charge in [-0.2, -0.15) is 0 Å². The van der Waals surface area contributed by atoms with E-state index in [9.17, 15) is 4.79 Å². The minimum Gasteiger partial charge on any atom is -0.444 e. The number of nitrogens with zero attached hydrogens (tertiary/aromatic N) is 3. The maximum absolute atomic E-state index is 11.6. The van der Waals surface area contributed by atoms with Crippen LogP contribution in [0, 0.1) is 6.92 Å². The average Bonchev–Trinajstić information content (AvgIpc) is 2.83. The molecule has 0 saturated heterocycles. The van der Waals surface area contributed by atoms with Gasteiger partial charge in [-0.1, -0.05) is 17.3 Å². The Morgan fingerprint density at radius 2 is 2.14 bits per heavy atom. The molecule has 2 rings (SSSR count). The molecule has 0 aliphatic heterocycles. The van der Waals surface area contributed by atoms with E-state index in [0.29, 0.717) is 5.69 Å². The SMILES string of the molecule is Cc1cccc(-n2cc(CNC(=O)OC(C)(C)C)nn2)c1. The molecule has 1 aromatic heterocycles. The molecule has 1 N–H and O–H groups in total. The minimum atomic E-state index is -0.511. The number of hydrogen-bond donors (Lipinski definition) is 1. The van der Waals surface area contributed by atoms with Gasteiger partial charge in [0, 0.05) is 0 Å². The molecule has 21 heavy (non-hydrogen) atoms. The van der Waals surface area contributed by atoms with Crippen LogP contribution < -0.4 is 5.32 Å². The van der Waals surface area contributed by atoms with Crippen LogP contribution in [0.3, 0.4) is 0 Å². The van der Waals surface area contributed by atoms with Crippen molar-refractivity contribution in [3.63, 3.8) is 0 Å². The monoisotopic (exact) mass is 288 g/mol. The van der Waals surface area contributed by atoms with Gasteiger partial charge < -0.3 is 10.1 Å². The van der Waals surface area contributed by atoms with Crippen molar-refractivity contribution in [2.45, 2.75) is 39.8 Å². The van der Waals surface area contributed by atoms with Crippen molar-refractivity contribution in [1.82, 2.24) is 20.3 Å². The van der Waals surface area contributed by atoms with E-state index in [0.717, 1.165) is 11.3 Å². The number of carbonyl (C=O) groups excluding carboxylic acids is 1. The normalized spacial score (nSPS) is 11.2. The van der Waals surface area contributed by atoms with E-state index in [2.05, 4.69) is 15.6 Å². The van der Waals surface area contributed by atoms with Crippen molar-refractivity contribution in [2.75, 3.05) is 0 Å². The summed E-state index contributed by atoms with van der Waals surface area (Å²) in [6, 6.07) is 7.95. The topological polar surface area (TPSA) is 69.0 Å². The summed E-state index contributed by atoms with van der Waals surface area (Å²) in [5.41, 5.74) is 2.24. The second kappa shape index (κ2) is 5.95. The Balaban J connectivity index is 1.96. The summed E-state index contributed by atoms with van der Waals surface area (Å²) in [7, 11) is 0. The second-order valence-electron chi connectivity index (χ2n) is 5.85. The van der Waals surface area contributed by atoms with Crippen LogP contribution in [0.25, 0.3) is 5.69 Å². The third-order valence-corrected chi connectivity index (χ3v) is 2.62. The Morgan fingerprint density at radius 3 is 2.81 bits per heavy atom. The molecule has 6 nitrogen and oxygen atoms in total. The van der Waals surface area contributed by atoms with Crippen LogP contribution in [0.2, 0.25) is 0 Å². The lowest BCUT2D eigenvalue weighted by molar-refractivity contribution is 0.0523. The van der Waals surface area contributed by atoms with E-state index in [1.165, 1.54) is 0 Å². The lowest BCUT2D eigenvalue weighted by Gasteiger charge is -2.19. The number of carbonyl (C=O) groups is 1. The number of nitrogens with one attached hydrogen (secondary N) is 1. The zero-order chi connectivity index (χ0) is 15.5. The standard InChI is InChI=1S/C15H20N4O2/c1-11-6-5-7-13(8-11)19-10-12(17-18-19)9-16-14(20)21-15(2,3)4/h5-8,10H,9H2,1-4H3,(H,16,20). The van der Waals surface area contributed by atoms with Gasteiger partial charge >= 0.3 is 6.09 Å². The highest BCUT2D eigenvalue weighted by atomic mass is 16.6. The first kappa shape index (κ1) is 15.0. The zero-order valence-corrected chi connectivity index (χ0v) is 12.8. The van der Waals surface area contributed by atoms with Gasteiger partial charge in [-0.15, -0.1) is 5.10 Å². The molecule has 0 spiro atoms. The highest BCUT2D eigenvalue weighted by molar-refractivity contribution is 5.67. The highest BCUT2D eigenvalue weighted by Crippen LogP contribution is 2.09. The summed E-state index contributed by atoms with van der Waals surface area (Å²) in [5, 5.41) is 10.7. The highest BCUT2D eigenvalue weighted by Gasteiger charge is 2.16. The number of rotatable bonds is 3. The van der Waals surface area contributed by atoms with Crippen molar-refractivity contribution in [2.24, 2.45) is 0 Å². The Bertz CT molecular complexity index is 629. The van der Waals surface area contributed by atoms with Gasteiger partial charge in [-0.3, -0.25) is 0 Å². The van der Waals surface area contributed by atoms with E-state index in [-0.39, 0.29) is 6.54 Å². The van der Waals surface area contributed by atoms with Crippen molar-refractivity contribution >= 4 is 6.09 Å². The smallest absolute Gasteiger partial charge is 0.407 e. The third-order valence-electron chi connectivity index (χ3n) is 2.62. The van der Waals surface area contributed by atoms with Crippen molar-refractivity contribution < 1.29 is 9.53 Å². The van der Waals surface area contributed by atoms with Crippen molar-refractivity contribution in [1.29, 1.82) is 0 Å². The fourth-order valence-corrected chi connectivity index (χ4v) is 1.75. The summed E-state index contributed by atoms with van der Waals surface area (Å²) in [4.78, 5) is 11.6. The Morgan fingerprint density at radius 1 is 1.38 bits per heavy atom. The van der Waals surface area contributed by atoms with Gasteiger partial charge in [-0.05, 0) is 45.4 Å². The molecule has 0 aliphatic carbocycles. The predicted molar refractivity (Wildman–Crippen MR) is 79.2 cm³/mol. The summed E-state index contributed by atoms with van der Waals surface area (Å²) in [6.07, 6.45) is 1.32. The van der Waals surface area contributed by atoms with Crippen LogP contribution in [0.15, 0.2) is 30.5 Å². The van der Waals surface area contributed by atoms with E-state index >= 15 is 0 Å². The van der Waals surface area contributed by atoms with Gasteiger partial charge in [0.2, 0.25) is 0 Å². The first-order valence-corrected chi connectivity index (χ1v) is 6.78. The molecule has 6 heteroatoms. The van der Waals surface area contributed by atoms with E-state index in [1.807, 2.05) is 52.0 Å². The molecular weight excluding hydrogens is 268 g/mol. The number of benzene rings is 1. The first-order valence-electron chi connectivity index (χ1n) is 6.78. The molecule has 0 saturated carbocycles. The van der Waals surface area contributed by atoms with Crippen molar-refractivity contribution in [3.8, 4) is 5.69 Å². The van der Waals surface area contributed by atoms with Gasteiger partial charge in [0.25, 0.3) is 0 Å². The molecule has 0 unspecified atom stereocenters. The van der Waals surface area contributed by atoms with E-state index in [4.69, 9.17) is 4.74 Å². The number of aryl methyl sites for hydroxylation is 1. The second-order valence-corrected chi connectivity index (χ2v) is 5.85. The summed E-state index contributed by atoms with van der Waals surface area (Å²) >= 11 is 0. The van der Waals surface area contributed by atoms with Crippen LogP contribution in [-0.4, -0.2) is 26.7 Å². The van der Waals surface area contributed by atoms with Gasteiger partial charge in [0.15, 0.2) is 0 Å². The molecule has 112 valence electrons. The van der Waals surface area contributed by atoms with Crippen LogP contribution >= 0.6 is 0 Å². The zero-order valence-electron chi connectivity index (χ0n) is 12.8. The summed E-state index contributed by atoms with van der Waals surface area (Å²) < 4.78 is 6.84. The number of hydrogen-bond acceptors (Lipinski definition) is 4. The fourth-order valence-electron chi connectivity index (χ4n) is 1.75. The van der Waals surface area contributed by atoms with Crippen molar-refractivity contribution in [3.05, 3.63) is 41.7 Å². The van der Waals surface area contributed by atoms with Gasteiger partial charge in [-0.25, -0.2) is 9.48 Å². The Hall–Kier alpha value is -2.37. The lowest BCUT2D eigenvalue weighted by Crippen LogP contribution is -2.32. The molecule has 2 aromatic rings. The van der Waals surface area contributed by atoms with Crippen LogP contribution in [0.5, 0.6) is 0 Å². The number of ether oxygens (including phenoxy) is 1. The molecule has 1 aromatic carbocycles. The van der Waals surface area contributed by atoms with Crippen LogP contribution in [0.4, 0.5) is 4.79 Å². The molecular formula is C15H20N4O2. The summed E-state index contributed by atoms with van der Waals surface area (Å²) in [5.74, 6) is 0. The predicted octanol–water partition coefficient (Wildman–Crippen LogP) is 2.60. The van der Waals surface area contributed by atoms with Gasteiger partial charge in [0.05, 0.1) is 18.4 Å². The molecule has 0 atom stereocenters. The molecule has 0 bridgehead atoms. The maximum Gasteiger partial charge on any atom is 0.407 e. The molecule has 0 fully saturated rings. The lowest BCUT2D eigenvalue weighted by atomic mass is 10.2. The molecule has 1 amide bonds. The number of amides is 1. The Labute approximate surface area is 124 Å². The molecule has 1 heterocycles. The van der Waals surface area contributed by atoms with E-state index in [1.54, 1.807) is 10.9 Å². The maximum atomic E-state index is 11.6. The number of aromatic nitrogens is 3. The number of alkyl carbamates (subject to hydrolysis) is 1.